The number of halogens is 2. The van der Waals surface area contributed by atoms with Crippen LogP contribution in [0.5, 0.6) is 5.75 Å². The molecule has 1 heterocycles. The zero-order valence-electron chi connectivity index (χ0n) is 11.4. The van der Waals surface area contributed by atoms with E-state index < -0.39 is 6.61 Å². The van der Waals surface area contributed by atoms with Gasteiger partial charge in [-0.25, -0.2) is 0 Å². The summed E-state index contributed by atoms with van der Waals surface area (Å²) in [5, 5.41) is 7.59. The molecule has 0 saturated carbocycles. The van der Waals surface area contributed by atoms with Crippen LogP contribution in [0.1, 0.15) is 18.3 Å². The van der Waals surface area contributed by atoms with E-state index in [-0.39, 0.29) is 5.75 Å². The highest BCUT2D eigenvalue weighted by Gasteiger charge is 2.05. The van der Waals surface area contributed by atoms with Crippen LogP contribution < -0.4 is 10.1 Å². The lowest BCUT2D eigenvalue weighted by atomic mass is 10.3. The summed E-state index contributed by atoms with van der Waals surface area (Å²) in [6.45, 7) is 2.63. The molecule has 0 fully saturated rings. The molecule has 0 saturated heterocycles. The van der Waals surface area contributed by atoms with Crippen molar-refractivity contribution in [3.8, 4) is 5.75 Å². The highest BCUT2D eigenvalue weighted by molar-refractivity contribution is 5.46. The Morgan fingerprint density at radius 1 is 1.30 bits per heavy atom. The van der Waals surface area contributed by atoms with Gasteiger partial charge in [0.05, 0.1) is 17.9 Å². The smallest absolute Gasteiger partial charge is 0.387 e. The van der Waals surface area contributed by atoms with Gasteiger partial charge in [-0.3, -0.25) is 4.68 Å². The van der Waals surface area contributed by atoms with E-state index in [2.05, 4.69) is 15.2 Å². The van der Waals surface area contributed by atoms with Crippen molar-refractivity contribution in [3.63, 3.8) is 0 Å². The first-order valence-corrected chi connectivity index (χ1v) is 6.40. The summed E-state index contributed by atoms with van der Waals surface area (Å²) in [7, 11) is 0. The highest BCUT2D eigenvalue weighted by atomic mass is 19.3. The number of hydrogen-bond acceptors (Lipinski definition) is 3. The third kappa shape index (κ3) is 3.69. The number of nitrogens with one attached hydrogen (secondary N) is 1. The molecule has 2 rings (SSSR count). The summed E-state index contributed by atoms with van der Waals surface area (Å²) in [5.41, 5.74) is 2.90. The van der Waals surface area contributed by atoms with Crippen LogP contribution in [0, 0.1) is 6.92 Å². The average molecular weight is 281 g/mol. The fourth-order valence-electron chi connectivity index (χ4n) is 1.96. The number of aromatic nitrogens is 2. The Bertz CT molecular complexity index is 552. The van der Waals surface area contributed by atoms with Crippen LogP contribution in [0.25, 0.3) is 0 Å². The maximum Gasteiger partial charge on any atom is 0.387 e. The van der Waals surface area contributed by atoms with E-state index in [9.17, 15) is 8.78 Å². The molecule has 0 aliphatic carbocycles. The maximum absolute atomic E-state index is 12.0. The summed E-state index contributed by atoms with van der Waals surface area (Å²) in [5.74, 6) is 0.153. The maximum atomic E-state index is 12.0. The first kappa shape index (κ1) is 14.3. The van der Waals surface area contributed by atoms with Crippen LogP contribution in [0.15, 0.2) is 30.3 Å². The number of benzene rings is 1. The van der Waals surface area contributed by atoms with Gasteiger partial charge in [-0.1, -0.05) is 0 Å². The van der Waals surface area contributed by atoms with Gasteiger partial charge in [-0.15, -0.1) is 0 Å². The van der Waals surface area contributed by atoms with Crippen molar-refractivity contribution < 1.29 is 13.5 Å². The number of anilines is 1. The van der Waals surface area contributed by atoms with Crippen molar-refractivity contribution >= 4 is 5.69 Å². The molecule has 0 spiro atoms. The second kappa shape index (κ2) is 6.36. The van der Waals surface area contributed by atoms with E-state index >= 15 is 0 Å². The lowest BCUT2D eigenvalue weighted by Gasteiger charge is -2.09. The summed E-state index contributed by atoms with van der Waals surface area (Å²) >= 11 is 0. The van der Waals surface area contributed by atoms with Gasteiger partial charge in [0.15, 0.2) is 0 Å². The van der Waals surface area contributed by atoms with E-state index in [4.69, 9.17) is 0 Å². The molecular weight excluding hydrogens is 264 g/mol. The fourth-order valence-corrected chi connectivity index (χ4v) is 1.96. The van der Waals surface area contributed by atoms with Crippen LogP contribution in [0.3, 0.4) is 0 Å². The fraction of sp³-hybridized carbons (Fsp3) is 0.357. The number of ether oxygens (including phenoxy) is 1. The predicted octanol–water partition coefficient (Wildman–Crippen LogP) is 3.42. The van der Waals surface area contributed by atoms with Gasteiger partial charge >= 0.3 is 6.61 Å². The number of hydrogen-bond donors (Lipinski definition) is 1. The number of nitrogens with zero attached hydrogens (tertiary/aromatic N) is 2. The summed E-state index contributed by atoms with van der Waals surface area (Å²) < 4.78 is 30.3. The van der Waals surface area contributed by atoms with Crippen LogP contribution in [-0.4, -0.2) is 16.4 Å². The second-order valence-corrected chi connectivity index (χ2v) is 4.35. The average Bonchev–Trinajstić information content (AvgIpc) is 2.78. The van der Waals surface area contributed by atoms with Crippen molar-refractivity contribution in [1.29, 1.82) is 0 Å². The quantitative estimate of drug-likeness (QED) is 0.881. The van der Waals surface area contributed by atoms with E-state index in [0.29, 0.717) is 6.54 Å². The largest absolute Gasteiger partial charge is 0.435 e. The Hall–Kier alpha value is -2.11. The van der Waals surface area contributed by atoms with E-state index in [0.717, 1.165) is 23.6 Å². The normalized spacial score (nSPS) is 10.8. The lowest BCUT2D eigenvalue weighted by molar-refractivity contribution is -0.0498. The van der Waals surface area contributed by atoms with Crippen molar-refractivity contribution in [1.82, 2.24) is 9.78 Å². The first-order chi connectivity index (χ1) is 9.58. The minimum absolute atomic E-state index is 0.153. The second-order valence-electron chi connectivity index (χ2n) is 4.35. The molecule has 0 aliphatic rings. The summed E-state index contributed by atoms with van der Waals surface area (Å²) in [4.78, 5) is 0. The molecule has 20 heavy (non-hydrogen) atoms. The molecule has 2 aromatic rings. The molecule has 0 atom stereocenters. The zero-order chi connectivity index (χ0) is 14.5. The van der Waals surface area contributed by atoms with Crippen LogP contribution in [-0.2, 0) is 13.1 Å². The lowest BCUT2D eigenvalue weighted by Crippen LogP contribution is -2.08. The molecule has 0 amide bonds. The van der Waals surface area contributed by atoms with Gasteiger partial charge < -0.3 is 10.1 Å². The first-order valence-electron chi connectivity index (χ1n) is 6.40. The summed E-state index contributed by atoms with van der Waals surface area (Å²) in [6.07, 6.45) is 0. The number of aryl methyl sites for hydroxylation is 2. The molecule has 1 aromatic carbocycles. The van der Waals surface area contributed by atoms with Crippen molar-refractivity contribution in [3.05, 3.63) is 41.7 Å². The van der Waals surface area contributed by atoms with Crippen molar-refractivity contribution in [2.45, 2.75) is 33.5 Å². The Labute approximate surface area is 116 Å². The van der Waals surface area contributed by atoms with Crippen LogP contribution >= 0.6 is 0 Å². The summed E-state index contributed by atoms with van der Waals surface area (Å²) in [6, 6.07) is 8.45. The minimum atomic E-state index is -2.80. The molecule has 0 aliphatic heterocycles. The molecule has 6 heteroatoms. The van der Waals surface area contributed by atoms with Crippen molar-refractivity contribution in [2.24, 2.45) is 0 Å². The third-order valence-electron chi connectivity index (χ3n) is 2.84. The zero-order valence-corrected chi connectivity index (χ0v) is 11.4. The number of rotatable bonds is 6. The Balaban J connectivity index is 1.96. The van der Waals surface area contributed by atoms with Gasteiger partial charge in [0.2, 0.25) is 0 Å². The van der Waals surface area contributed by atoms with Gasteiger partial charge in [0.1, 0.15) is 5.75 Å². The van der Waals surface area contributed by atoms with E-state index in [1.165, 1.54) is 12.1 Å². The highest BCUT2D eigenvalue weighted by Crippen LogP contribution is 2.18. The third-order valence-corrected chi connectivity index (χ3v) is 2.84. The topological polar surface area (TPSA) is 39.1 Å². The van der Waals surface area contributed by atoms with Gasteiger partial charge in [0, 0.05) is 12.2 Å². The molecule has 0 unspecified atom stereocenters. The predicted molar refractivity (Wildman–Crippen MR) is 73.0 cm³/mol. The molecule has 1 aromatic heterocycles. The van der Waals surface area contributed by atoms with Crippen molar-refractivity contribution in [2.75, 3.05) is 5.32 Å². The van der Waals surface area contributed by atoms with Crippen LogP contribution in [0.4, 0.5) is 14.5 Å². The van der Waals surface area contributed by atoms with E-state index in [1.807, 2.05) is 24.6 Å². The molecule has 1 N–H and O–H groups in total. The SMILES string of the molecule is CCn1nc(C)cc1CNc1ccc(OC(F)F)cc1. The Morgan fingerprint density at radius 2 is 2.00 bits per heavy atom. The Morgan fingerprint density at radius 3 is 2.60 bits per heavy atom. The monoisotopic (exact) mass is 281 g/mol. The molecule has 0 bridgehead atoms. The molecule has 108 valence electrons. The number of alkyl halides is 2. The Kier molecular flexibility index (Phi) is 4.55. The standard InChI is InChI=1S/C14H17F2N3O/c1-3-19-12(8-10(2)18-19)9-17-11-4-6-13(7-5-11)20-14(15)16/h4-8,14,17H,3,9H2,1-2H3. The van der Waals surface area contributed by atoms with Gasteiger partial charge in [-0.2, -0.15) is 13.9 Å². The van der Waals surface area contributed by atoms with E-state index in [1.54, 1.807) is 12.1 Å². The molecular formula is C14H17F2N3O. The van der Waals surface area contributed by atoms with Crippen LogP contribution in [0.2, 0.25) is 0 Å². The molecule has 0 radical (unpaired) electrons. The minimum Gasteiger partial charge on any atom is -0.435 e. The molecule has 4 nitrogen and oxygen atoms in total. The van der Waals surface area contributed by atoms with Gasteiger partial charge in [-0.05, 0) is 44.2 Å². The van der Waals surface area contributed by atoms with Gasteiger partial charge in [0.25, 0.3) is 0 Å².